The molecule has 1 aliphatic carbocycles. The quantitative estimate of drug-likeness (QED) is 0.596. The van der Waals surface area contributed by atoms with Crippen LogP contribution in [-0.4, -0.2) is 27.8 Å². The first kappa shape index (κ1) is 15.0. The summed E-state index contributed by atoms with van der Waals surface area (Å²) in [7, 11) is 0. The Bertz CT molecular complexity index is 732. The molecule has 0 aromatic heterocycles. The Kier molecular flexibility index (Phi) is 3.99. The molecule has 1 amide bonds. The lowest BCUT2D eigenvalue weighted by atomic mass is 10.1. The highest BCUT2D eigenvalue weighted by molar-refractivity contribution is 8.26. The van der Waals surface area contributed by atoms with Gasteiger partial charge in [-0.25, -0.2) is 0 Å². The normalized spacial score (nSPS) is 23.2. The van der Waals surface area contributed by atoms with Gasteiger partial charge in [-0.2, -0.15) is 0 Å². The Hall–Kier alpha value is -1.59. The fraction of sp³-hybridized carbons (Fsp3) is 0.333. The van der Waals surface area contributed by atoms with Crippen LogP contribution in [0.2, 0.25) is 0 Å². The van der Waals surface area contributed by atoms with Crippen molar-refractivity contribution in [2.45, 2.75) is 31.7 Å². The summed E-state index contributed by atoms with van der Waals surface area (Å²) in [6, 6.07) is 8.23. The molecule has 2 fully saturated rings. The minimum absolute atomic E-state index is 0.0617. The van der Waals surface area contributed by atoms with Gasteiger partial charge in [0.15, 0.2) is 0 Å². The average Bonchev–Trinajstić information content (AvgIpc) is 3.16. The Balaban J connectivity index is 1.59. The van der Waals surface area contributed by atoms with Crippen LogP contribution in [0.25, 0.3) is 6.08 Å². The van der Waals surface area contributed by atoms with E-state index in [0.29, 0.717) is 17.0 Å². The molecule has 5 heteroatoms. The number of benzene rings is 1. The second-order valence-electron chi connectivity index (χ2n) is 6.04. The van der Waals surface area contributed by atoms with Crippen molar-refractivity contribution in [3.8, 4) is 5.75 Å². The molecule has 1 saturated heterocycles. The van der Waals surface area contributed by atoms with Gasteiger partial charge in [0.05, 0.1) is 4.91 Å². The van der Waals surface area contributed by atoms with E-state index in [1.54, 1.807) is 0 Å². The van der Waals surface area contributed by atoms with Gasteiger partial charge in [0.2, 0.25) is 0 Å². The molecule has 0 spiro atoms. The lowest BCUT2D eigenvalue weighted by molar-refractivity contribution is -0.123. The molecule has 0 N–H and O–H groups in total. The van der Waals surface area contributed by atoms with E-state index in [1.165, 1.54) is 24.6 Å². The average molecular weight is 343 g/mol. The number of carbonyl (C=O) groups is 1. The predicted octanol–water partition coefficient (Wildman–Crippen LogP) is 4.15. The van der Waals surface area contributed by atoms with Gasteiger partial charge in [0.1, 0.15) is 16.7 Å². The van der Waals surface area contributed by atoms with Crippen molar-refractivity contribution < 1.29 is 9.53 Å². The number of rotatable bonds is 2. The number of amides is 1. The summed E-state index contributed by atoms with van der Waals surface area (Å²) in [5.41, 5.74) is 2.06. The third-order valence-electron chi connectivity index (χ3n) is 4.48. The first-order chi connectivity index (χ1) is 11.2. The molecule has 2 heterocycles. The lowest BCUT2D eigenvalue weighted by Crippen LogP contribution is -2.36. The topological polar surface area (TPSA) is 29.5 Å². The third kappa shape index (κ3) is 2.83. The molecule has 1 saturated carbocycles. The molecule has 1 aromatic rings. The second-order valence-corrected chi connectivity index (χ2v) is 7.71. The Morgan fingerprint density at radius 1 is 1.26 bits per heavy atom. The smallest absolute Gasteiger partial charge is 0.266 e. The summed E-state index contributed by atoms with van der Waals surface area (Å²) in [6.45, 7) is 0.491. The molecule has 3 aliphatic rings. The molecule has 2 aliphatic heterocycles. The van der Waals surface area contributed by atoms with Crippen LogP contribution in [0.5, 0.6) is 5.75 Å². The maximum Gasteiger partial charge on any atom is 0.266 e. The third-order valence-corrected chi connectivity index (χ3v) is 5.81. The molecular formula is C18H17NO2S2. The van der Waals surface area contributed by atoms with Crippen molar-refractivity contribution >= 4 is 40.3 Å². The Morgan fingerprint density at radius 2 is 2.04 bits per heavy atom. The molecule has 0 bridgehead atoms. The first-order valence-electron chi connectivity index (χ1n) is 7.92. The van der Waals surface area contributed by atoms with Gasteiger partial charge in [-0.1, -0.05) is 55.0 Å². The number of carbonyl (C=O) groups excluding carboxylic acids is 1. The highest BCUT2D eigenvalue weighted by Crippen LogP contribution is 2.38. The minimum Gasteiger partial charge on any atom is -0.488 e. The lowest BCUT2D eigenvalue weighted by Gasteiger charge is -2.22. The zero-order chi connectivity index (χ0) is 15.8. The van der Waals surface area contributed by atoms with Gasteiger partial charge >= 0.3 is 0 Å². The second kappa shape index (κ2) is 6.13. The van der Waals surface area contributed by atoms with Gasteiger partial charge in [-0.05, 0) is 36.6 Å². The predicted molar refractivity (Wildman–Crippen MR) is 97.3 cm³/mol. The van der Waals surface area contributed by atoms with Crippen LogP contribution in [0.15, 0.2) is 40.8 Å². The minimum atomic E-state index is 0.0617. The fourth-order valence-corrected chi connectivity index (χ4v) is 4.76. The van der Waals surface area contributed by atoms with Crippen molar-refractivity contribution in [2.75, 3.05) is 6.61 Å². The summed E-state index contributed by atoms with van der Waals surface area (Å²) >= 11 is 6.85. The van der Waals surface area contributed by atoms with Crippen molar-refractivity contribution in [2.24, 2.45) is 0 Å². The van der Waals surface area contributed by atoms with Gasteiger partial charge in [-0.15, -0.1) is 0 Å². The maximum atomic E-state index is 12.7. The number of para-hydroxylation sites is 1. The van der Waals surface area contributed by atoms with E-state index in [1.807, 2.05) is 35.2 Å². The summed E-state index contributed by atoms with van der Waals surface area (Å²) < 4.78 is 6.46. The molecule has 0 radical (unpaired) electrons. The number of thiocarbonyl (C=S) groups is 1. The first-order valence-corrected chi connectivity index (χ1v) is 9.14. The zero-order valence-electron chi connectivity index (χ0n) is 12.7. The van der Waals surface area contributed by atoms with E-state index >= 15 is 0 Å². The monoisotopic (exact) mass is 343 g/mol. The molecule has 0 atom stereocenters. The van der Waals surface area contributed by atoms with Crippen molar-refractivity contribution in [3.05, 3.63) is 46.4 Å². The number of hydrogen-bond acceptors (Lipinski definition) is 4. The van der Waals surface area contributed by atoms with Crippen LogP contribution in [0, 0.1) is 0 Å². The molecule has 0 unspecified atom stereocenters. The number of fused-ring (bicyclic) bond motifs is 1. The summed E-state index contributed by atoms with van der Waals surface area (Å²) in [5.74, 6) is 0.954. The van der Waals surface area contributed by atoms with Crippen molar-refractivity contribution in [3.63, 3.8) is 0 Å². The van der Waals surface area contributed by atoms with Crippen LogP contribution in [-0.2, 0) is 4.79 Å². The van der Waals surface area contributed by atoms with E-state index in [2.05, 4.69) is 6.08 Å². The zero-order valence-corrected chi connectivity index (χ0v) is 14.3. The van der Waals surface area contributed by atoms with E-state index < -0.39 is 0 Å². The van der Waals surface area contributed by atoms with Gasteiger partial charge in [0, 0.05) is 11.6 Å². The van der Waals surface area contributed by atoms with Crippen LogP contribution in [0.4, 0.5) is 0 Å². The molecular weight excluding hydrogens is 326 g/mol. The summed E-state index contributed by atoms with van der Waals surface area (Å²) in [4.78, 5) is 15.3. The summed E-state index contributed by atoms with van der Waals surface area (Å²) in [5, 5.41) is 0. The number of thioether (sulfide) groups is 1. The van der Waals surface area contributed by atoms with Crippen LogP contribution >= 0.6 is 24.0 Å². The van der Waals surface area contributed by atoms with E-state index in [-0.39, 0.29) is 5.91 Å². The van der Waals surface area contributed by atoms with Crippen LogP contribution in [0.1, 0.15) is 31.2 Å². The van der Waals surface area contributed by atoms with E-state index in [0.717, 1.165) is 34.6 Å². The van der Waals surface area contributed by atoms with Crippen LogP contribution in [0.3, 0.4) is 0 Å². The number of nitrogens with zero attached hydrogens (tertiary/aromatic N) is 1. The molecule has 23 heavy (non-hydrogen) atoms. The number of ether oxygens (including phenoxy) is 1. The fourth-order valence-electron chi connectivity index (χ4n) is 3.34. The van der Waals surface area contributed by atoms with E-state index in [9.17, 15) is 4.79 Å². The SMILES string of the molecule is O=C1C(=CC2=Cc3ccccc3OC2)SC(=S)N1C1CCCC1. The van der Waals surface area contributed by atoms with Crippen molar-refractivity contribution in [1.82, 2.24) is 4.90 Å². The highest BCUT2D eigenvalue weighted by atomic mass is 32.2. The standard InChI is InChI=1S/C18H17NO2S2/c20-17-16(23-18(22)19(17)14-6-2-3-7-14)10-12-9-13-5-1-4-8-15(13)21-11-12/h1,4-5,8-10,14H,2-3,6-7,11H2. The van der Waals surface area contributed by atoms with Gasteiger partial charge in [-0.3, -0.25) is 9.69 Å². The molecule has 1 aromatic carbocycles. The Morgan fingerprint density at radius 3 is 2.87 bits per heavy atom. The van der Waals surface area contributed by atoms with Gasteiger partial charge < -0.3 is 4.74 Å². The van der Waals surface area contributed by atoms with Gasteiger partial charge in [0.25, 0.3) is 5.91 Å². The molecule has 4 rings (SSSR count). The van der Waals surface area contributed by atoms with E-state index in [4.69, 9.17) is 17.0 Å². The molecule has 3 nitrogen and oxygen atoms in total. The Labute approximate surface area is 145 Å². The summed E-state index contributed by atoms with van der Waals surface area (Å²) in [6.07, 6.45) is 8.54. The molecule has 118 valence electrons. The largest absolute Gasteiger partial charge is 0.488 e. The number of hydrogen-bond donors (Lipinski definition) is 0. The van der Waals surface area contributed by atoms with Crippen LogP contribution < -0.4 is 4.74 Å². The maximum absolute atomic E-state index is 12.7. The highest BCUT2D eigenvalue weighted by Gasteiger charge is 2.38. The van der Waals surface area contributed by atoms with Crippen molar-refractivity contribution in [1.29, 1.82) is 0 Å².